The van der Waals surface area contributed by atoms with Gasteiger partial charge in [-0.2, -0.15) is 0 Å². The highest BCUT2D eigenvalue weighted by Crippen LogP contribution is 2.39. The number of nitrogens with zero attached hydrogens (tertiary/aromatic N) is 1. The van der Waals surface area contributed by atoms with Crippen molar-refractivity contribution >= 4 is 40.8 Å². The number of carbonyl (C=O) groups is 3. The number of hydrogen-bond donors (Lipinski definition) is 2. The average molecular weight is 615 g/mol. The fraction of sp³-hybridized carbons (Fsp3) is 0.432. The van der Waals surface area contributed by atoms with Gasteiger partial charge in [0.05, 0.1) is 18.4 Å². The highest BCUT2D eigenvalue weighted by Gasteiger charge is 2.34. The molecule has 6 nitrogen and oxygen atoms in total. The van der Waals surface area contributed by atoms with Crippen molar-refractivity contribution < 1.29 is 19.5 Å². The third-order valence-corrected chi connectivity index (χ3v) is 9.78. The van der Waals surface area contributed by atoms with Crippen molar-refractivity contribution in [3.63, 3.8) is 0 Å². The van der Waals surface area contributed by atoms with E-state index in [0.717, 1.165) is 64.9 Å². The van der Waals surface area contributed by atoms with Crippen LogP contribution in [0.4, 0.5) is 11.4 Å². The third-order valence-electron chi connectivity index (χ3n) is 9.55. The number of aryl methyl sites for hydroxylation is 1. The average Bonchev–Trinajstić information content (AvgIpc) is 3.49. The zero-order valence-electron chi connectivity index (χ0n) is 26.2. The Labute approximate surface area is 265 Å². The molecular weight excluding hydrogens is 572 g/mol. The largest absolute Gasteiger partial charge is 0.481 e. The molecule has 7 heteroatoms. The molecule has 1 fully saturated rings. The maximum atomic E-state index is 14.0. The Bertz CT molecular complexity index is 1540. The summed E-state index contributed by atoms with van der Waals surface area (Å²) in [6.45, 7) is 8.27. The molecule has 3 aromatic rings. The van der Waals surface area contributed by atoms with Crippen LogP contribution < -0.4 is 10.2 Å². The van der Waals surface area contributed by atoms with Gasteiger partial charge in [0, 0.05) is 22.8 Å². The summed E-state index contributed by atoms with van der Waals surface area (Å²) in [6, 6.07) is 19.6. The zero-order valence-corrected chi connectivity index (χ0v) is 26.9. The molecule has 2 amide bonds. The van der Waals surface area contributed by atoms with E-state index in [1.54, 1.807) is 0 Å². The minimum Gasteiger partial charge on any atom is -0.481 e. The number of carboxylic acid groups (broad SMARTS) is 1. The maximum Gasteiger partial charge on any atom is 0.307 e. The van der Waals surface area contributed by atoms with E-state index in [2.05, 4.69) is 5.32 Å². The quantitative estimate of drug-likeness (QED) is 0.254. The van der Waals surface area contributed by atoms with Crippen LogP contribution >= 0.6 is 11.6 Å². The molecule has 1 aliphatic heterocycles. The summed E-state index contributed by atoms with van der Waals surface area (Å²) >= 11 is 6.20. The lowest BCUT2D eigenvalue weighted by Crippen LogP contribution is -2.34. The van der Waals surface area contributed by atoms with Gasteiger partial charge < -0.3 is 15.3 Å². The zero-order chi connectivity index (χ0) is 31.6. The van der Waals surface area contributed by atoms with Crippen molar-refractivity contribution in [1.82, 2.24) is 0 Å². The van der Waals surface area contributed by atoms with E-state index in [1.165, 1.54) is 0 Å². The molecule has 232 valence electrons. The summed E-state index contributed by atoms with van der Waals surface area (Å²) in [6.07, 6.45) is 5.80. The lowest BCUT2D eigenvalue weighted by Gasteiger charge is -2.30. The Morgan fingerprint density at radius 1 is 1.02 bits per heavy atom. The van der Waals surface area contributed by atoms with Crippen molar-refractivity contribution in [2.45, 2.75) is 85.1 Å². The number of halogens is 1. The van der Waals surface area contributed by atoms with E-state index < -0.39 is 17.3 Å². The van der Waals surface area contributed by atoms with E-state index in [4.69, 9.17) is 11.6 Å². The van der Waals surface area contributed by atoms with E-state index >= 15 is 0 Å². The number of carboxylic acids is 1. The van der Waals surface area contributed by atoms with Gasteiger partial charge >= 0.3 is 5.97 Å². The van der Waals surface area contributed by atoms with Crippen LogP contribution in [0.2, 0.25) is 5.02 Å². The summed E-state index contributed by atoms with van der Waals surface area (Å²) < 4.78 is 0. The number of carbonyl (C=O) groups excluding carboxylic acids is 2. The number of aliphatic carboxylic acids is 1. The molecule has 1 heterocycles. The van der Waals surface area contributed by atoms with Crippen molar-refractivity contribution in [2.75, 3.05) is 10.2 Å². The number of benzene rings is 3. The Kier molecular flexibility index (Phi) is 9.50. The molecule has 0 saturated heterocycles. The molecule has 0 aromatic heterocycles. The first-order valence-electron chi connectivity index (χ1n) is 15.7. The molecule has 0 spiro atoms. The van der Waals surface area contributed by atoms with Crippen LogP contribution in [-0.4, -0.2) is 22.9 Å². The monoisotopic (exact) mass is 614 g/mol. The number of anilines is 2. The van der Waals surface area contributed by atoms with Gasteiger partial charge in [0.25, 0.3) is 0 Å². The number of rotatable bonds is 9. The molecule has 1 aliphatic carbocycles. The van der Waals surface area contributed by atoms with E-state index in [0.29, 0.717) is 30.8 Å². The molecule has 2 atom stereocenters. The van der Waals surface area contributed by atoms with Gasteiger partial charge in [0.15, 0.2) is 0 Å². The van der Waals surface area contributed by atoms with Crippen molar-refractivity contribution in [2.24, 2.45) is 17.3 Å². The lowest BCUT2D eigenvalue weighted by molar-refractivity contribution is -0.145. The van der Waals surface area contributed by atoms with Crippen molar-refractivity contribution in [3.8, 4) is 0 Å². The number of amides is 2. The second kappa shape index (κ2) is 13.2. The first kappa shape index (κ1) is 31.8. The molecule has 3 aromatic carbocycles. The predicted molar refractivity (Wildman–Crippen MR) is 176 cm³/mol. The van der Waals surface area contributed by atoms with Crippen LogP contribution in [0.25, 0.3) is 0 Å². The smallest absolute Gasteiger partial charge is 0.307 e. The van der Waals surface area contributed by atoms with Gasteiger partial charge in [-0.1, -0.05) is 81.6 Å². The van der Waals surface area contributed by atoms with Crippen molar-refractivity contribution in [1.29, 1.82) is 0 Å². The van der Waals surface area contributed by atoms with Crippen molar-refractivity contribution in [3.05, 3.63) is 93.5 Å². The SMILES string of the molecule is Cc1c(CC(C(=O)O)C(C)(C)C)cccc1NC(=O)C(c1ccc(CN2C(=O)CCc3cc(Cl)ccc32)cc1)C1CCCC1. The summed E-state index contributed by atoms with van der Waals surface area (Å²) in [5, 5.41) is 13.8. The van der Waals surface area contributed by atoms with Crippen LogP contribution in [0.1, 0.15) is 86.6 Å². The summed E-state index contributed by atoms with van der Waals surface area (Å²) in [7, 11) is 0. The fourth-order valence-electron chi connectivity index (χ4n) is 6.88. The minimum atomic E-state index is -0.811. The van der Waals surface area contributed by atoms with E-state index in [-0.39, 0.29) is 23.7 Å². The molecule has 0 radical (unpaired) electrons. The van der Waals surface area contributed by atoms with Crippen LogP contribution in [0.5, 0.6) is 0 Å². The summed E-state index contributed by atoms with van der Waals surface area (Å²) in [5.74, 6) is -1.33. The van der Waals surface area contributed by atoms with Gasteiger partial charge in [-0.15, -0.1) is 0 Å². The first-order chi connectivity index (χ1) is 20.9. The lowest BCUT2D eigenvalue weighted by atomic mass is 9.76. The molecule has 2 aliphatic rings. The number of hydrogen-bond acceptors (Lipinski definition) is 3. The summed E-state index contributed by atoms with van der Waals surface area (Å²) in [5.41, 5.74) is 6.15. The topological polar surface area (TPSA) is 86.7 Å². The second-order valence-corrected chi connectivity index (χ2v) is 14.0. The van der Waals surface area contributed by atoms with Gasteiger partial charge in [-0.05, 0) is 96.0 Å². The molecule has 1 saturated carbocycles. The fourth-order valence-corrected chi connectivity index (χ4v) is 7.07. The molecule has 0 bridgehead atoms. The molecular formula is C37H43ClN2O4. The second-order valence-electron chi connectivity index (χ2n) is 13.6. The predicted octanol–water partition coefficient (Wildman–Crippen LogP) is 8.33. The molecule has 2 N–H and O–H groups in total. The van der Waals surface area contributed by atoms with Gasteiger partial charge in [-0.3, -0.25) is 14.4 Å². The van der Waals surface area contributed by atoms with Gasteiger partial charge in [0.2, 0.25) is 11.8 Å². The summed E-state index contributed by atoms with van der Waals surface area (Å²) in [4.78, 5) is 40.7. The van der Waals surface area contributed by atoms with Crippen LogP contribution in [0, 0.1) is 24.2 Å². The highest BCUT2D eigenvalue weighted by molar-refractivity contribution is 6.30. The minimum absolute atomic E-state index is 0.0347. The first-order valence-corrected chi connectivity index (χ1v) is 16.1. The molecule has 2 unspecified atom stereocenters. The number of fused-ring (bicyclic) bond motifs is 1. The Morgan fingerprint density at radius 2 is 1.73 bits per heavy atom. The Hall–Kier alpha value is -3.64. The Balaban J connectivity index is 1.36. The van der Waals surface area contributed by atoms with E-state index in [1.807, 2.05) is 93.3 Å². The number of nitrogens with one attached hydrogen (secondary N) is 1. The van der Waals surface area contributed by atoms with E-state index in [9.17, 15) is 19.5 Å². The Morgan fingerprint density at radius 3 is 2.39 bits per heavy atom. The normalized spacial score (nSPS) is 16.8. The third kappa shape index (κ3) is 7.02. The van der Waals surface area contributed by atoms with Gasteiger partial charge in [0.1, 0.15) is 0 Å². The molecule has 44 heavy (non-hydrogen) atoms. The van der Waals surface area contributed by atoms with Crippen LogP contribution in [0.3, 0.4) is 0 Å². The standard InChI is InChI=1S/C37H43ClN2O4/c1-23-27(21-30(36(43)44)37(2,3)4)10-7-11-31(23)39-35(42)34(25-8-5-6-9-25)26-14-12-24(13-15-26)22-40-32-18-17-29(38)20-28(32)16-19-33(40)41/h7,10-15,17-18,20,25,30,34H,5-6,8-9,16,19,21-22H2,1-4H3,(H,39,42)(H,43,44). The maximum absolute atomic E-state index is 14.0. The van der Waals surface area contributed by atoms with Crippen LogP contribution in [0.15, 0.2) is 60.7 Å². The van der Waals surface area contributed by atoms with Gasteiger partial charge in [-0.25, -0.2) is 0 Å². The van der Waals surface area contributed by atoms with Crippen LogP contribution in [-0.2, 0) is 33.8 Å². The highest BCUT2D eigenvalue weighted by atomic mass is 35.5. The molecule has 5 rings (SSSR count).